The van der Waals surface area contributed by atoms with Crippen molar-refractivity contribution >= 4 is 0 Å². The largest absolute Gasteiger partial charge is 0.497 e. The summed E-state index contributed by atoms with van der Waals surface area (Å²) in [5, 5.41) is 13.1. The van der Waals surface area contributed by atoms with Gasteiger partial charge in [-0.25, -0.2) is 0 Å². The van der Waals surface area contributed by atoms with E-state index in [9.17, 15) is 5.11 Å². The maximum absolute atomic E-state index is 9.90. The molecule has 2 rings (SSSR count). The van der Waals surface area contributed by atoms with Crippen molar-refractivity contribution in [2.75, 3.05) is 26.8 Å². The van der Waals surface area contributed by atoms with Crippen LogP contribution >= 0.6 is 0 Å². The highest BCUT2D eigenvalue weighted by atomic mass is 16.5. The molecule has 0 radical (unpaired) electrons. The second kappa shape index (κ2) is 10.0. The number of hydrogen-bond acceptors (Lipinski definition) is 4. The summed E-state index contributed by atoms with van der Waals surface area (Å²) in [6.07, 6.45) is 0.462. The number of aliphatic hydroxyl groups excluding tert-OH is 1. The Balaban J connectivity index is 1.55. The average molecular weight is 315 g/mol. The molecule has 1 unspecified atom stereocenters. The summed E-state index contributed by atoms with van der Waals surface area (Å²) in [6.45, 7) is 2.20. The highest BCUT2D eigenvalue weighted by Crippen LogP contribution is 2.11. The molecule has 1 atom stereocenters. The van der Waals surface area contributed by atoms with Gasteiger partial charge in [-0.15, -0.1) is 0 Å². The van der Waals surface area contributed by atoms with Gasteiger partial charge in [0, 0.05) is 6.54 Å². The molecule has 4 nitrogen and oxygen atoms in total. The average Bonchev–Trinajstić information content (AvgIpc) is 2.60. The van der Waals surface area contributed by atoms with Gasteiger partial charge in [-0.2, -0.15) is 0 Å². The summed E-state index contributed by atoms with van der Waals surface area (Å²) in [5.41, 5.74) is 2.36. The van der Waals surface area contributed by atoms with Crippen LogP contribution in [0.3, 0.4) is 0 Å². The predicted octanol–water partition coefficient (Wildman–Crippen LogP) is 2.41. The Hall–Kier alpha value is -1.88. The molecule has 0 heterocycles. The fraction of sp³-hybridized carbons (Fsp3) is 0.368. The van der Waals surface area contributed by atoms with Crippen molar-refractivity contribution < 1.29 is 14.6 Å². The van der Waals surface area contributed by atoms with E-state index >= 15 is 0 Å². The van der Waals surface area contributed by atoms with Crippen LogP contribution in [0.15, 0.2) is 54.6 Å². The Bertz CT molecular complexity index is 542. The van der Waals surface area contributed by atoms with Crippen molar-refractivity contribution in [2.45, 2.75) is 19.1 Å². The van der Waals surface area contributed by atoms with E-state index in [-0.39, 0.29) is 0 Å². The maximum Gasteiger partial charge on any atom is 0.118 e. The molecule has 2 N–H and O–H groups in total. The van der Waals surface area contributed by atoms with Crippen molar-refractivity contribution in [3.8, 4) is 5.75 Å². The van der Waals surface area contributed by atoms with E-state index in [1.807, 2.05) is 42.5 Å². The fourth-order valence-electron chi connectivity index (χ4n) is 2.24. The van der Waals surface area contributed by atoms with Crippen LogP contribution in [0.4, 0.5) is 0 Å². The van der Waals surface area contributed by atoms with Gasteiger partial charge in [0.05, 0.1) is 26.4 Å². The second-order valence-electron chi connectivity index (χ2n) is 5.46. The quantitative estimate of drug-likeness (QED) is 0.661. The van der Waals surface area contributed by atoms with Gasteiger partial charge in [-0.1, -0.05) is 42.5 Å². The molecule has 0 aliphatic heterocycles. The molecule has 0 saturated carbocycles. The third kappa shape index (κ3) is 6.82. The van der Waals surface area contributed by atoms with Crippen LogP contribution in [0.5, 0.6) is 5.75 Å². The van der Waals surface area contributed by atoms with Crippen LogP contribution in [0.1, 0.15) is 11.1 Å². The van der Waals surface area contributed by atoms with Crippen LogP contribution in [-0.2, 0) is 17.8 Å². The standard InChI is InChI=1S/C19H25NO3/c1-22-19-9-7-17(8-10-19)14-23-15-18(21)13-20-12-11-16-5-3-2-4-6-16/h2-10,18,20-21H,11-15H2,1H3. The highest BCUT2D eigenvalue weighted by Gasteiger charge is 2.04. The SMILES string of the molecule is COc1ccc(COCC(O)CNCCc2ccccc2)cc1. The van der Waals surface area contributed by atoms with Crippen molar-refractivity contribution in [3.05, 3.63) is 65.7 Å². The van der Waals surface area contributed by atoms with E-state index in [4.69, 9.17) is 9.47 Å². The number of benzene rings is 2. The van der Waals surface area contributed by atoms with E-state index in [0.717, 1.165) is 24.3 Å². The molecule has 0 aliphatic carbocycles. The van der Waals surface area contributed by atoms with Crippen LogP contribution in [0.2, 0.25) is 0 Å². The summed E-state index contributed by atoms with van der Waals surface area (Å²) < 4.78 is 10.6. The van der Waals surface area contributed by atoms with Gasteiger partial charge in [0.1, 0.15) is 5.75 Å². The number of ether oxygens (including phenoxy) is 2. The van der Waals surface area contributed by atoms with Gasteiger partial charge in [-0.3, -0.25) is 0 Å². The van der Waals surface area contributed by atoms with Crippen molar-refractivity contribution in [1.29, 1.82) is 0 Å². The number of hydrogen-bond donors (Lipinski definition) is 2. The zero-order chi connectivity index (χ0) is 16.3. The molecule has 23 heavy (non-hydrogen) atoms. The van der Waals surface area contributed by atoms with Crippen LogP contribution in [-0.4, -0.2) is 38.0 Å². The maximum atomic E-state index is 9.90. The van der Waals surface area contributed by atoms with E-state index in [0.29, 0.717) is 19.8 Å². The van der Waals surface area contributed by atoms with Crippen molar-refractivity contribution in [3.63, 3.8) is 0 Å². The molecule has 0 aromatic heterocycles. The highest BCUT2D eigenvalue weighted by molar-refractivity contribution is 5.26. The summed E-state index contributed by atoms with van der Waals surface area (Å²) in [7, 11) is 1.65. The molecule has 0 saturated heterocycles. The fourth-order valence-corrected chi connectivity index (χ4v) is 2.24. The first-order valence-corrected chi connectivity index (χ1v) is 7.91. The summed E-state index contributed by atoms with van der Waals surface area (Å²) in [6, 6.07) is 18.0. The minimum absolute atomic E-state index is 0.324. The Morgan fingerprint density at radius 1 is 1.00 bits per heavy atom. The molecular formula is C19H25NO3. The first-order valence-electron chi connectivity index (χ1n) is 7.91. The van der Waals surface area contributed by atoms with Gasteiger partial charge in [0.25, 0.3) is 0 Å². The number of aliphatic hydroxyl groups is 1. The lowest BCUT2D eigenvalue weighted by molar-refractivity contribution is 0.0290. The zero-order valence-electron chi connectivity index (χ0n) is 13.6. The van der Waals surface area contributed by atoms with E-state index in [2.05, 4.69) is 17.4 Å². The molecule has 2 aromatic carbocycles. The lowest BCUT2D eigenvalue weighted by Crippen LogP contribution is -2.31. The molecule has 124 valence electrons. The van der Waals surface area contributed by atoms with Gasteiger partial charge < -0.3 is 19.9 Å². The van der Waals surface area contributed by atoms with Crippen LogP contribution in [0.25, 0.3) is 0 Å². The topological polar surface area (TPSA) is 50.7 Å². The Labute approximate surface area is 138 Å². The Morgan fingerprint density at radius 3 is 2.43 bits per heavy atom. The molecule has 0 amide bonds. The first kappa shape index (κ1) is 17.5. The lowest BCUT2D eigenvalue weighted by Gasteiger charge is -2.12. The minimum Gasteiger partial charge on any atom is -0.497 e. The summed E-state index contributed by atoms with van der Waals surface area (Å²) in [4.78, 5) is 0. The molecule has 0 aliphatic rings. The molecule has 0 spiro atoms. The minimum atomic E-state index is -0.496. The van der Waals surface area contributed by atoms with Gasteiger partial charge in [0.2, 0.25) is 0 Å². The van der Waals surface area contributed by atoms with Crippen molar-refractivity contribution in [2.24, 2.45) is 0 Å². The molecule has 2 aromatic rings. The lowest BCUT2D eigenvalue weighted by atomic mass is 10.1. The number of methoxy groups -OCH3 is 1. The normalized spacial score (nSPS) is 12.1. The van der Waals surface area contributed by atoms with E-state index in [1.54, 1.807) is 7.11 Å². The molecular weight excluding hydrogens is 290 g/mol. The van der Waals surface area contributed by atoms with Crippen LogP contribution in [0, 0.1) is 0 Å². The molecule has 0 bridgehead atoms. The smallest absolute Gasteiger partial charge is 0.118 e. The first-order chi connectivity index (χ1) is 11.3. The summed E-state index contributed by atoms with van der Waals surface area (Å²) >= 11 is 0. The monoisotopic (exact) mass is 315 g/mol. The van der Waals surface area contributed by atoms with Gasteiger partial charge in [-0.05, 0) is 36.2 Å². The summed E-state index contributed by atoms with van der Waals surface area (Å²) in [5.74, 6) is 0.830. The van der Waals surface area contributed by atoms with E-state index < -0.39 is 6.10 Å². The predicted molar refractivity (Wildman–Crippen MR) is 91.7 cm³/mol. The zero-order valence-corrected chi connectivity index (χ0v) is 13.6. The van der Waals surface area contributed by atoms with Crippen LogP contribution < -0.4 is 10.1 Å². The second-order valence-corrected chi connectivity index (χ2v) is 5.46. The van der Waals surface area contributed by atoms with Gasteiger partial charge in [0.15, 0.2) is 0 Å². The Kier molecular flexibility index (Phi) is 7.60. The molecule has 0 fully saturated rings. The third-order valence-electron chi connectivity index (χ3n) is 3.55. The Morgan fingerprint density at radius 2 is 1.74 bits per heavy atom. The van der Waals surface area contributed by atoms with Gasteiger partial charge >= 0.3 is 0 Å². The molecule has 4 heteroatoms. The van der Waals surface area contributed by atoms with Crippen molar-refractivity contribution in [1.82, 2.24) is 5.32 Å². The number of rotatable bonds is 10. The number of nitrogens with one attached hydrogen (secondary N) is 1. The van der Waals surface area contributed by atoms with E-state index in [1.165, 1.54) is 5.56 Å². The third-order valence-corrected chi connectivity index (χ3v) is 3.55.